The molecule has 2 aromatic carbocycles. The fraction of sp³-hybridized carbons (Fsp3) is 0.217. The highest BCUT2D eigenvalue weighted by molar-refractivity contribution is 7.99. The number of carbonyl (C=O) groups is 1. The van der Waals surface area contributed by atoms with Crippen LogP contribution in [0.5, 0.6) is 0 Å². The number of aryl methyl sites for hydroxylation is 1. The van der Waals surface area contributed by atoms with Crippen molar-refractivity contribution >= 4 is 34.7 Å². The number of anilines is 1. The summed E-state index contributed by atoms with van der Waals surface area (Å²) in [5.41, 5.74) is 3.17. The average Bonchev–Trinajstić information content (AvgIpc) is 3.28. The molecule has 4 nitrogen and oxygen atoms in total. The van der Waals surface area contributed by atoms with Gasteiger partial charge in [-0.15, -0.1) is 23.1 Å². The van der Waals surface area contributed by atoms with Crippen LogP contribution in [0.3, 0.4) is 0 Å². The van der Waals surface area contributed by atoms with Crippen LogP contribution < -0.4 is 10.6 Å². The van der Waals surface area contributed by atoms with Gasteiger partial charge in [0.2, 0.25) is 5.91 Å². The molecule has 0 bridgehead atoms. The summed E-state index contributed by atoms with van der Waals surface area (Å²) in [5, 5.41) is 17.2. The van der Waals surface area contributed by atoms with Crippen LogP contribution in [0.25, 0.3) is 0 Å². The third kappa shape index (κ3) is 5.94. The molecule has 29 heavy (non-hydrogen) atoms. The van der Waals surface area contributed by atoms with Crippen molar-refractivity contribution in [1.29, 1.82) is 5.26 Å². The van der Waals surface area contributed by atoms with Gasteiger partial charge in [0, 0.05) is 9.77 Å². The lowest BCUT2D eigenvalue weighted by molar-refractivity contribution is -0.115. The lowest BCUT2D eigenvalue weighted by atomic mass is 10.0. The topological polar surface area (TPSA) is 64.9 Å². The number of nitrogens with zero attached hydrogens (tertiary/aromatic N) is 1. The maximum Gasteiger partial charge on any atom is 0.238 e. The first-order valence-corrected chi connectivity index (χ1v) is 11.3. The summed E-state index contributed by atoms with van der Waals surface area (Å²) in [6.07, 6.45) is 1.00. The number of nitriles is 1. The summed E-state index contributed by atoms with van der Waals surface area (Å²) in [4.78, 5) is 14.7. The van der Waals surface area contributed by atoms with Crippen molar-refractivity contribution in [3.63, 3.8) is 0 Å². The van der Waals surface area contributed by atoms with E-state index in [-0.39, 0.29) is 18.5 Å². The Morgan fingerprint density at radius 3 is 2.62 bits per heavy atom. The summed E-state index contributed by atoms with van der Waals surface area (Å²) in [5.74, 6) is 0.237. The molecule has 0 saturated heterocycles. The number of para-hydroxylation sites is 1. The second kappa shape index (κ2) is 10.8. The first-order chi connectivity index (χ1) is 14.2. The number of rotatable bonds is 9. The SMILES string of the molecule is CCc1ccc([C@H](NCC(=O)Nc2ccccc2SCC#N)c2cccs2)cc1. The number of amides is 1. The minimum absolute atomic E-state index is 0.0325. The molecule has 2 N–H and O–H groups in total. The summed E-state index contributed by atoms with van der Waals surface area (Å²) < 4.78 is 0. The summed E-state index contributed by atoms with van der Waals surface area (Å²) in [7, 11) is 0. The van der Waals surface area contributed by atoms with E-state index >= 15 is 0 Å². The quantitative estimate of drug-likeness (QED) is 0.464. The van der Waals surface area contributed by atoms with Crippen LogP contribution in [-0.2, 0) is 11.2 Å². The average molecular weight is 422 g/mol. The van der Waals surface area contributed by atoms with Gasteiger partial charge in [0.05, 0.1) is 30.1 Å². The molecule has 3 rings (SSSR count). The summed E-state index contributed by atoms with van der Waals surface area (Å²) in [6.45, 7) is 2.33. The molecule has 1 aromatic heterocycles. The van der Waals surface area contributed by atoms with Gasteiger partial charge in [-0.1, -0.05) is 49.4 Å². The van der Waals surface area contributed by atoms with Crippen molar-refractivity contribution in [3.8, 4) is 6.07 Å². The van der Waals surface area contributed by atoms with E-state index in [0.29, 0.717) is 5.75 Å². The summed E-state index contributed by atoms with van der Waals surface area (Å²) >= 11 is 3.09. The Balaban J connectivity index is 1.68. The van der Waals surface area contributed by atoms with Crippen molar-refractivity contribution in [2.75, 3.05) is 17.6 Å². The van der Waals surface area contributed by atoms with E-state index in [9.17, 15) is 4.79 Å². The molecule has 6 heteroatoms. The van der Waals surface area contributed by atoms with Crippen LogP contribution in [0.2, 0.25) is 0 Å². The molecule has 1 heterocycles. The van der Waals surface area contributed by atoms with Gasteiger partial charge in [0.15, 0.2) is 0 Å². The fourth-order valence-electron chi connectivity index (χ4n) is 2.98. The largest absolute Gasteiger partial charge is 0.324 e. The molecule has 0 fully saturated rings. The predicted octanol–water partition coefficient (Wildman–Crippen LogP) is 5.24. The second-order valence-corrected chi connectivity index (χ2v) is 8.41. The summed E-state index contributed by atoms with van der Waals surface area (Å²) in [6, 6.07) is 22.3. The highest BCUT2D eigenvalue weighted by Crippen LogP contribution is 2.28. The van der Waals surface area contributed by atoms with Crippen LogP contribution in [0.1, 0.15) is 29.0 Å². The van der Waals surface area contributed by atoms with Crippen molar-refractivity contribution in [2.24, 2.45) is 0 Å². The molecule has 1 atom stereocenters. The molecular weight excluding hydrogens is 398 g/mol. The second-order valence-electron chi connectivity index (χ2n) is 6.42. The Kier molecular flexibility index (Phi) is 7.88. The van der Waals surface area contributed by atoms with E-state index in [1.165, 1.54) is 22.2 Å². The number of nitrogens with one attached hydrogen (secondary N) is 2. The van der Waals surface area contributed by atoms with Crippen LogP contribution >= 0.6 is 23.1 Å². The van der Waals surface area contributed by atoms with Crippen molar-refractivity contribution < 1.29 is 4.79 Å². The van der Waals surface area contributed by atoms with Gasteiger partial charge in [-0.3, -0.25) is 10.1 Å². The van der Waals surface area contributed by atoms with Crippen LogP contribution in [0.15, 0.2) is 70.9 Å². The first kappa shape index (κ1) is 21.1. The minimum Gasteiger partial charge on any atom is -0.324 e. The Morgan fingerprint density at radius 2 is 1.93 bits per heavy atom. The van der Waals surface area contributed by atoms with E-state index in [4.69, 9.17) is 5.26 Å². The number of benzene rings is 2. The molecule has 0 saturated carbocycles. The van der Waals surface area contributed by atoms with E-state index in [2.05, 4.69) is 54.0 Å². The van der Waals surface area contributed by atoms with Crippen LogP contribution in [0, 0.1) is 11.3 Å². The molecule has 0 aliphatic carbocycles. The Hall–Kier alpha value is -2.59. The smallest absolute Gasteiger partial charge is 0.238 e. The monoisotopic (exact) mass is 421 g/mol. The van der Waals surface area contributed by atoms with Gasteiger partial charge < -0.3 is 5.32 Å². The zero-order chi connectivity index (χ0) is 20.5. The number of hydrogen-bond donors (Lipinski definition) is 2. The Labute approximate surface area is 180 Å². The third-order valence-electron chi connectivity index (χ3n) is 4.47. The highest BCUT2D eigenvalue weighted by atomic mass is 32.2. The van der Waals surface area contributed by atoms with Crippen molar-refractivity contribution in [3.05, 3.63) is 82.0 Å². The van der Waals surface area contributed by atoms with E-state index in [0.717, 1.165) is 22.6 Å². The molecule has 3 aromatic rings. The zero-order valence-corrected chi connectivity index (χ0v) is 17.9. The van der Waals surface area contributed by atoms with Gasteiger partial charge in [-0.2, -0.15) is 5.26 Å². The molecule has 0 radical (unpaired) electrons. The third-order valence-corrected chi connectivity index (χ3v) is 6.35. The molecule has 1 amide bonds. The predicted molar refractivity (Wildman–Crippen MR) is 121 cm³/mol. The van der Waals surface area contributed by atoms with Gasteiger partial charge in [0.25, 0.3) is 0 Å². The zero-order valence-electron chi connectivity index (χ0n) is 16.2. The molecule has 148 valence electrons. The lowest BCUT2D eigenvalue weighted by Crippen LogP contribution is -2.31. The molecule has 0 spiro atoms. The highest BCUT2D eigenvalue weighted by Gasteiger charge is 2.16. The molecule has 0 unspecified atom stereocenters. The van der Waals surface area contributed by atoms with E-state index in [1.54, 1.807) is 11.3 Å². The van der Waals surface area contributed by atoms with Crippen molar-refractivity contribution in [1.82, 2.24) is 5.32 Å². The Bertz CT molecular complexity index is 963. The van der Waals surface area contributed by atoms with Crippen LogP contribution in [-0.4, -0.2) is 18.2 Å². The van der Waals surface area contributed by atoms with Crippen molar-refractivity contribution in [2.45, 2.75) is 24.3 Å². The number of thioether (sulfide) groups is 1. The number of thiophene rings is 1. The van der Waals surface area contributed by atoms with Gasteiger partial charge in [0.1, 0.15) is 0 Å². The van der Waals surface area contributed by atoms with Crippen LogP contribution in [0.4, 0.5) is 5.69 Å². The standard InChI is InChI=1S/C23H23N3OS2/c1-2-17-9-11-18(12-10-17)23(21-8-5-14-28-21)25-16-22(27)26-19-6-3-4-7-20(19)29-15-13-24/h3-12,14,23,25H,2,15-16H2,1H3,(H,26,27)/t23-/m0/s1. The van der Waals surface area contributed by atoms with E-state index in [1.807, 2.05) is 35.7 Å². The maximum atomic E-state index is 12.6. The maximum absolute atomic E-state index is 12.6. The van der Waals surface area contributed by atoms with E-state index < -0.39 is 0 Å². The number of carbonyl (C=O) groups excluding carboxylic acids is 1. The molecular formula is C23H23N3OS2. The normalized spacial score (nSPS) is 11.6. The lowest BCUT2D eigenvalue weighted by Gasteiger charge is -2.19. The van der Waals surface area contributed by atoms with Gasteiger partial charge >= 0.3 is 0 Å². The minimum atomic E-state index is -0.109. The fourth-order valence-corrected chi connectivity index (χ4v) is 4.48. The molecule has 0 aliphatic heterocycles. The number of hydrogen-bond acceptors (Lipinski definition) is 5. The first-order valence-electron chi connectivity index (χ1n) is 9.45. The molecule has 0 aliphatic rings. The van der Waals surface area contributed by atoms with Gasteiger partial charge in [-0.25, -0.2) is 0 Å². The van der Waals surface area contributed by atoms with Gasteiger partial charge in [-0.05, 0) is 41.1 Å². The Morgan fingerprint density at radius 1 is 1.14 bits per heavy atom.